The highest BCUT2D eigenvalue weighted by Gasteiger charge is 2.20. The fraction of sp³-hybridized carbons (Fsp3) is 0.240. The Morgan fingerprint density at radius 3 is 2.67 bits per heavy atom. The van der Waals surface area contributed by atoms with Gasteiger partial charge in [0.2, 0.25) is 0 Å². The van der Waals surface area contributed by atoms with Crippen LogP contribution in [0.4, 0.5) is 4.39 Å². The van der Waals surface area contributed by atoms with Crippen LogP contribution in [0.2, 0.25) is 0 Å². The first-order chi connectivity index (χ1) is 16.0. The van der Waals surface area contributed by atoms with Gasteiger partial charge < -0.3 is 15.0 Å². The molecule has 0 saturated carbocycles. The lowest BCUT2D eigenvalue weighted by Crippen LogP contribution is -2.41. The molecule has 0 unspecified atom stereocenters. The van der Waals surface area contributed by atoms with Gasteiger partial charge in [0.25, 0.3) is 5.91 Å². The molecule has 1 amide bonds. The van der Waals surface area contributed by atoms with Crippen molar-refractivity contribution in [2.24, 2.45) is 0 Å². The van der Waals surface area contributed by atoms with Gasteiger partial charge in [-0.2, -0.15) is 11.8 Å². The fourth-order valence-electron chi connectivity index (χ4n) is 3.28. The van der Waals surface area contributed by atoms with Crippen LogP contribution in [0.5, 0.6) is 0 Å². The first-order valence-corrected chi connectivity index (χ1v) is 11.8. The number of hydrogen-bond acceptors (Lipinski definition) is 4. The zero-order chi connectivity index (χ0) is 23.6. The molecule has 8 heteroatoms. The summed E-state index contributed by atoms with van der Waals surface area (Å²) in [6, 6.07) is 12.3. The average molecular weight is 468 g/mol. The number of aliphatic carboxylic acids is 1. The molecular weight excluding hydrogens is 441 g/mol. The SMILES string of the molecule is CCSCC[C@H](NC(=O)c1cccc(C=C(Cn2ccnc2)c2ccc(F)cc2)c1)C(=O)O. The second-order valence-corrected chi connectivity index (χ2v) is 8.78. The molecule has 6 nitrogen and oxygen atoms in total. The Bertz CT molecular complexity index is 1100. The largest absolute Gasteiger partial charge is 0.480 e. The van der Waals surface area contributed by atoms with Crippen molar-refractivity contribution in [3.05, 3.63) is 89.8 Å². The van der Waals surface area contributed by atoms with Crippen LogP contribution in [0.1, 0.15) is 34.8 Å². The zero-order valence-corrected chi connectivity index (χ0v) is 19.1. The molecule has 0 aliphatic carbocycles. The van der Waals surface area contributed by atoms with E-state index in [0.29, 0.717) is 24.3 Å². The first-order valence-electron chi connectivity index (χ1n) is 10.6. The van der Waals surface area contributed by atoms with E-state index in [1.54, 1.807) is 54.6 Å². The third kappa shape index (κ3) is 7.32. The first kappa shape index (κ1) is 24.3. The van der Waals surface area contributed by atoms with Crippen LogP contribution >= 0.6 is 11.8 Å². The van der Waals surface area contributed by atoms with E-state index in [9.17, 15) is 19.1 Å². The lowest BCUT2D eigenvalue weighted by Gasteiger charge is -2.14. The third-order valence-corrected chi connectivity index (χ3v) is 5.91. The summed E-state index contributed by atoms with van der Waals surface area (Å²) in [5.41, 5.74) is 2.90. The summed E-state index contributed by atoms with van der Waals surface area (Å²) in [5.74, 6) is -0.243. The highest BCUT2D eigenvalue weighted by molar-refractivity contribution is 7.99. The van der Waals surface area contributed by atoms with Crippen molar-refractivity contribution in [2.45, 2.75) is 25.9 Å². The highest BCUT2D eigenvalue weighted by Crippen LogP contribution is 2.22. The Kier molecular flexibility index (Phi) is 8.83. The lowest BCUT2D eigenvalue weighted by molar-refractivity contribution is -0.139. The Hall–Kier alpha value is -3.39. The minimum atomic E-state index is -1.05. The summed E-state index contributed by atoms with van der Waals surface area (Å²) >= 11 is 1.63. The second kappa shape index (κ2) is 12.0. The molecule has 1 atom stereocenters. The summed E-state index contributed by atoms with van der Waals surface area (Å²) in [5, 5.41) is 12.1. The molecule has 0 bridgehead atoms. The van der Waals surface area contributed by atoms with E-state index in [2.05, 4.69) is 10.3 Å². The smallest absolute Gasteiger partial charge is 0.326 e. The Labute approximate surface area is 196 Å². The van der Waals surface area contributed by atoms with Gasteiger partial charge in [-0.3, -0.25) is 4.79 Å². The number of benzene rings is 2. The van der Waals surface area contributed by atoms with Crippen molar-refractivity contribution in [1.29, 1.82) is 0 Å². The number of hydrogen-bond donors (Lipinski definition) is 2. The van der Waals surface area contributed by atoms with Gasteiger partial charge in [0.15, 0.2) is 0 Å². The number of nitrogens with one attached hydrogen (secondary N) is 1. The maximum atomic E-state index is 13.4. The molecule has 0 fully saturated rings. The summed E-state index contributed by atoms with van der Waals surface area (Å²) in [7, 11) is 0. The van der Waals surface area contributed by atoms with Gasteiger partial charge in [0.1, 0.15) is 11.9 Å². The summed E-state index contributed by atoms with van der Waals surface area (Å²) in [4.78, 5) is 28.3. The van der Waals surface area contributed by atoms with Gasteiger partial charge in [0, 0.05) is 24.5 Å². The minimum absolute atomic E-state index is 0.315. The number of thioether (sulfide) groups is 1. The van der Waals surface area contributed by atoms with Gasteiger partial charge in [-0.1, -0.05) is 31.2 Å². The molecule has 3 aromatic rings. The van der Waals surface area contributed by atoms with Crippen LogP contribution in [0.15, 0.2) is 67.3 Å². The van der Waals surface area contributed by atoms with Crippen molar-refractivity contribution in [1.82, 2.24) is 14.9 Å². The molecule has 2 N–H and O–H groups in total. The van der Waals surface area contributed by atoms with Crippen LogP contribution in [-0.2, 0) is 11.3 Å². The molecule has 2 aromatic carbocycles. The topological polar surface area (TPSA) is 84.2 Å². The van der Waals surface area contributed by atoms with E-state index >= 15 is 0 Å². The maximum absolute atomic E-state index is 13.4. The number of carboxylic acid groups (broad SMARTS) is 1. The van der Waals surface area contributed by atoms with E-state index in [4.69, 9.17) is 0 Å². The maximum Gasteiger partial charge on any atom is 0.326 e. The monoisotopic (exact) mass is 467 g/mol. The summed E-state index contributed by atoms with van der Waals surface area (Å²) < 4.78 is 15.3. The van der Waals surface area contributed by atoms with Gasteiger partial charge in [-0.05, 0) is 65.0 Å². The molecule has 0 aliphatic rings. The van der Waals surface area contributed by atoms with E-state index in [-0.39, 0.29) is 5.82 Å². The van der Waals surface area contributed by atoms with Crippen molar-refractivity contribution in [3.63, 3.8) is 0 Å². The average Bonchev–Trinajstić information content (AvgIpc) is 3.32. The van der Waals surface area contributed by atoms with Crippen molar-refractivity contribution in [3.8, 4) is 0 Å². The molecule has 0 aliphatic heterocycles. The molecular formula is C25H26FN3O3S. The zero-order valence-electron chi connectivity index (χ0n) is 18.3. The van der Waals surface area contributed by atoms with Gasteiger partial charge in [-0.25, -0.2) is 14.2 Å². The minimum Gasteiger partial charge on any atom is -0.480 e. The molecule has 0 spiro atoms. The predicted octanol–water partition coefficient (Wildman–Crippen LogP) is 4.59. The Balaban J connectivity index is 1.83. The number of nitrogens with zero attached hydrogens (tertiary/aromatic N) is 2. The molecule has 1 heterocycles. The molecule has 1 aromatic heterocycles. The molecule has 0 saturated heterocycles. The van der Waals surface area contributed by atoms with E-state index in [0.717, 1.165) is 22.5 Å². The molecule has 172 valence electrons. The normalized spacial score (nSPS) is 12.4. The lowest BCUT2D eigenvalue weighted by atomic mass is 10.0. The number of rotatable bonds is 11. The molecule has 0 radical (unpaired) electrons. The van der Waals surface area contributed by atoms with E-state index in [1.807, 2.05) is 29.8 Å². The summed E-state index contributed by atoms with van der Waals surface area (Å²) in [6.45, 7) is 2.52. The van der Waals surface area contributed by atoms with Crippen LogP contribution in [0, 0.1) is 5.82 Å². The Morgan fingerprint density at radius 1 is 1.21 bits per heavy atom. The summed E-state index contributed by atoms with van der Waals surface area (Å²) in [6.07, 6.45) is 7.51. The third-order valence-electron chi connectivity index (χ3n) is 4.98. The molecule has 33 heavy (non-hydrogen) atoms. The number of allylic oxidation sites excluding steroid dienone is 1. The second-order valence-electron chi connectivity index (χ2n) is 7.39. The van der Waals surface area contributed by atoms with Crippen LogP contribution in [0.25, 0.3) is 11.6 Å². The van der Waals surface area contributed by atoms with Crippen molar-refractivity contribution in [2.75, 3.05) is 11.5 Å². The van der Waals surface area contributed by atoms with Crippen LogP contribution < -0.4 is 5.32 Å². The van der Waals surface area contributed by atoms with Crippen LogP contribution in [-0.4, -0.2) is 44.1 Å². The highest BCUT2D eigenvalue weighted by atomic mass is 32.2. The predicted molar refractivity (Wildman–Crippen MR) is 129 cm³/mol. The number of carbonyl (C=O) groups is 2. The number of aromatic nitrogens is 2. The van der Waals surface area contributed by atoms with Gasteiger partial charge in [-0.15, -0.1) is 0 Å². The Morgan fingerprint density at radius 2 is 2.00 bits per heavy atom. The molecule has 3 rings (SSSR count). The van der Waals surface area contributed by atoms with E-state index in [1.165, 1.54) is 12.1 Å². The van der Waals surface area contributed by atoms with Crippen molar-refractivity contribution < 1.29 is 19.1 Å². The van der Waals surface area contributed by atoms with Crippen molar-refractivity contribution >= 4 is 35.3 Å². The van der Waals surface area contributed by atoms with E-state index < -0.39 is 17.9 Å². The number of amides is 1. The fourth-order valence-corrected chi connectivity index (χ4v) is 3.97. The number of carbonyl (C=O) groups excluding carboxylic acids is 1. The quantitative estimate of drug-likeness (QED) is 0.318. The number of imidazole rings is 1. The van der Waals surface area contributed by atoms with Crippen LogP contribution in [0.3, 0.4) is 0 Å². The van der Waals surface area contributed by atoms with Gasteiger partial charge in [0.05, 0.1) is 6.33 Å². The van der Waals surface area contributed by atoms with Gasteiger partial charge >= 0.3 is 5.97 Å². The number of halogens is 1. The number of carboxylic acids is 1. The standard InChI is InChI=1S/C25H26FN3O3S/c1-2-33-13-10-23(25(31)32)28-24(30)20-5-3-4-18(14-20)15-21(16-29-12-11-27-17-29)19-6-8-22(26)9-7-19/h3-9,11-12,14-15,17,23H,2,10,13,16H2,1H3,(H,28,30)(H,31,32)/t23-/m0/s1.